The molecule has 0 heterocycles. The molecule has 0 spiro atoms. The van der Waals surface area contributed by atoms with Crippen LogP contribution in [0.1, 0.15) is 45.4 Å². The Morgan fingerprint density at radius 3 is 2.83 bits per heavy atom. The predicted octanol–water partition coefficient (Wildman–Crippen LogP) is 2.86. The minimum absolute atomic E-state index is 0.411. The van der Waals surface area contributed by atoms with Crippen molar-refractivity contribution >= 4 is 0 Å². The van der Waals surface area contributed by atoms with Crippen molar-refractivity contribution in [3.63, 3.8) is 0 Å². The van der Waals surface area contributed by atoms with Gasteiger partial charge in [0, 0.05) is 6.04 Å². The van der Waals surface area contributed by atoms with Crippen molar-refractivity contribution in [2.45, 2.75) is 51.5 Å². The smallest absolute Gasteiger partial charge is 0.00391 e. The fourth-order valence-electron chi connectivity index (χ4n) is 2.16. The van der Waals surface area contributed by atoms with Crippen molar-refractivity contribution in [2.75, 3.05) is 0 Å². The normalized spacial score (nSPS) is 37.3. The van der Waals surface area contributed by atoms with Crippen LogP contribution in [0.2, 0.25) is 0 Å². The van der Waals surface area contributed by atoms with Crippen LogP contribution in [-0.4, -0.2) is 6.04 Å². The van der Waals surface area contributed by atoms with Crippen molar-refractivity contribution in [2.24, 2.45) is 11.1 Å². The van der Waals surface area contributed by atoms with E-state index in [2.05, 4.69) is 19.6 Å². The van der Waals surface area contributed by atoms with E-state index in [1.54, 1.807) is 0 Å². The highest BCUT2D eigenvalue weighted by molar-refractivity contribution is 4.96. The van der Waals surface area contributed by atoms with Crippen molar-refractivity contribution in [3.05, 3.63) is 12.7 Å². The van der Waals surface area contributed by atoms with Gasteiger partial charge in [0.15, 0.2) is 0 Å². The fraction of sp³-hybridized carbons (Fsp3) is 0.818. The van der Waals surface area contributed by atoms with Crippen LogP contribution < -0.4 is 5.73 Å². The summed E-state index contributed by atoms with van der Waals surface area (Å²) in [6, 6.07) is 0.443. The van der Waals surface area contributed by atoms with E-state index in [4.69, 9.17) is 5.73 Å². The Balaban J connectivity index is 2.58. The lowest BCUT2D eigenvalue weighted by Gasteiger charge is -2.27. The number of hydrogen-bond donors (Lipinski definition) is 1. The Kier molecular flexibility index (Phi) is 3.33. The molecule has 1 heteroatoms. The van der Waals surface area contributed by atoms with Gasteiger partial charge in [0.2, 0.25) is 0 Å². The van der Waals surface area contributed by atoms with Gasteiger partial charge in [-0.1, -0.05) is 19.4 Å². The van der Waals surface area contributed by atoms with Crippen molar-refractivity contribution in [3.8, 4) is 0 Å². The third kappa shape index (κ3) is 2.10. The molecule has 1 saturated carbocycles. The molecule has 0 bridgehead atoms. The van der Waals surface area contributed by atoms with Gasteiger partial charge in [-0.25, -0.2) is 0 Å². The SMILES string of the molecule is C=CC1(CC)CCC[C@H](N)CC1. The standard InChI is InChI=1S/C11H21N/c1-3-11(4-2)8-5-6-10(12)7-9-11/h3,10H,1,4-9,12H2,2H3/t10-,11?/m0/s1. The molecule has 12 heavy (non-hydrogen) atoms. The van der Waals surface area contributed by atoms with E-state index in [0.29, 0.717) is 11.5 Å². The Morgan fingerprint density at radius 2 is 2.25 bits per heavy atom. The maximum atomic E-state index is 5.93. The molecule has 0 amide bonds. The predicted molar refractivity (Wildman–Crippen MR) is 54.0 cm³/mol. The van der Waals surface area contributed by atoms with Gasteiger partial charge < -0.3 is 5.73 Å². The molecule has 0 aromatic rings. The van der Waals surface area contributed by atoms with Gasteiger partial charge in [-0.3, -0.25) is 0 Å². The Labute approximate surface area is 76.0 Å². The molecule has 1 unspecified atom stereocenters. The molecule has 1 aliphatic rings. The monoisotopic (exact) mass is 167 g/mol. The van der Waals surface area contributed by atoms with Crippen LogP contribution in [0.15, 0.2) is 12.7 Å². The van der Waals surface area contributed by atoms with E-state index in [1.165, 1.54) is 38.5 Å². The average Bonchev–Trinajstić information content (AvgIpc) is 2.28. The van der Waals surface area contributed by atoms with E-state index in [-0.39, 0.29) is 0 Å². The summed E-state index contributed by atoms with van der Waals surface area (Å²) in [4.78, 5) is 0. The quantitative estimate of drug-likeness (QED) is 0.496. The summed E-state index contributed by atoms with van der Waals surface area (Å²) in [5.74, 6) is 0. The zero-order chi connectivity index (χ0) is 9.03. The second-order valence-electron chi connectivity index (χ2n) is 4.11. The van der Waals surface area contributed by atoms with Gasteiger partial charge in [0.25, 0.3) is 0 Å². The van der Waals surface area contributed by atoms with E-state index >= 15 is 0 Å². The molecule has 0 aromatic heterocycles. The average molecular weight is 167 g/mol. The van der Waals surface area contributed by atoms with Gasteiger partial charge in [-0.05, 0) is 37.5 Å². The van der Waals surface area contributed by atoms with E-state index in [1.807, 2.05) is 0 Å². The molecular weight excluding hydrogens is 146 g/mol. The number of rotatable bonds is 2. The molecular formula is C11H21N. The summed E-state index contributed by atoms with van der Waals surface area (Å²) in [6.45, 7) is 6.22. The number of hydrogen-bond acceptors (Lipinski definition) is 1. The molecule has 70 valence electrons. The third-order valence-electron chi connectivity index (χ3n) is 3.40. The molecule has 0 aliphatic heterocycles. The Bertz CT molecular complexity index is 153. The van der Waals surface area contributed by atoms with E-state index in [0.717, 1.165) is 0 Å². The minimum atomic E-state index is 0.411. The highest BCUT2D eigenvalue weighted by atomic mass is 14.6. The van der Waals surface area contributed by atoms with Crippen molar-refractivity contribution in [1.82, 2.24) is 0 Å². The first kappa shape index (κ1) is 9.79. The molecule has 0 radical (unpaired) electrons. The molecule has 0 aromatic carbocycles. The zero-order valence-corrected chi connectivity index (χ0v) is 8.18. The molecule has 2 N–H and O–H groups in total. The second kappa shape index (κ2) is 4.08. The van der Waals surface area contributed by atoms with E-state index in [9.17, 15) is 0 Å². The Hall–Kier alpha value is -0.300. The first-order chi connectivity index (χ1) is 5.72. The van der Waals surface area contributed by atoms with Gasteiger partial charge in [-0.15, -0.1) is 6.58 Å². The number of nitrogens with two attached hydrogens (primary N) is 1. The minimum Gasteiger partial charge on any atom is -0.328 e. The fourth-order valence-corrected chi connectivity index (χ4v) is 2.16. The third-order valence-corrected chi connectivity index (χ3v) is 3.40. The van der Waals surface area contributed by atoms with Gasteiger partial charge in [-0.2, -0.15) is 0 Å². The summed E-state index contributed by atoms with van der Waals surface area (Å²) < 4.78 is 0. The highest BCUT2D eigenvalue weighted by Gasteiger charge is 2.27. The molecule has 1 nitrogen and oxygen atoms in total. The van der Waals surface area contributed by atoms with E-state index < -0.39 is 0 Å². The topological polar surface area (TPSA) is 26.0 Å². The van der Waals surface area contributed by atoms with Crippen LogP contribution >= 0.6 is 0 Å². The first-order valence-electron chi connectivity index (χ1n) is 5.11. The van der Waals surface area contributed by atoms with Gasteiger partial charge in [0.1, 0.15) is 0 Å². The first-order valence-corrected chi connectivity index (χ1v) is 5.11. The Morgan fingerprint density at radius 1 is 1.50 bits per heavy atom. The summed E-state index contributed by atoms with van der Waals surface area (Å²) in [5.41, 5.74) is 6.34. The summed E-state index contributed by atoms with van der Waals surface area (Å²) >= 11 is 0. The van der Waals surface area contributed by atoms with Crippen LogP contribution in [0.3, 0.4) is 0 Å². The van der Waals surface area contributed by atoms with Crippen molar-refractivity contribution in [1.29, 1.82) is 0 Å². The molecule has 2 atom stereocenters. The second-order valence-corrected chi connectivity index (χ2v) is 4.11. The van der Waals surface area contributed by atoms with Crippen LogP contribution in [0.5, 0.6) is 0 Å². The van der Waals surface area contributed by atoms with Crippen LogP contribution in [-0.2, 0) is 0 Å². The largest absolute Gasteiger partial charge is 0.328 e. The van der Waals surface area contributed by atoms with Gasteiger partial charge in [0.05, 0.1) is 0 Å². The lowest BCUT2D eigenvalue weighted by atomic mass is 9.78. The summed E-state index contributed by atoms with van der Waals surface area (Å²) in [7, 11) is 0. The highest BCUT2D eigenvalue weighted by Crippen LogP contribution is 2.38. The lowest BCUT2D eigenvalue weighted by molar-refractivity contribution is 0.316. The van der Waals surface area contributed by atoms with Crippen LogP contribution in [0.25, 0.3) is 0 Å². The molecule has 1 aliphatic carbocycles. The molecule has 1 fully saturated rings. The molecule has 0 saturated heterocycles. The number of allylic oxidation sites excluding steroid dienone is 1. The maximum Gasteiger partial charge on any atom is 0.00391 e. The lowest BCUT2D eigenvalue weighted by Crippen LogP contribution is -2.20. The maximum absolute atomic E-state index is 5.93. The van der Waals surface area contributed by atoms with Crippen LogP contribution in [0.4, 0.5) is 0 Å². The van der Waals surface area contributed by atoms with Crippen LogP contribution in [0, 0.1) is 5.41 Å². The zero-order valence-electron chi connectivity index (χ0n) is 8.18. The van der Waals surface area contributed by atoms with Gasteiger partial charge >= 0.3 is 0 Å². The molecule has 1 rings (SSSR count). The van der Waals surface area contributed by atoms with Crippen molar-refractivity contribution < 1.29 is 0 Å². The summed E-state index contributed by atoms with van der Waals surface area (Å²) in [6.07, 6.45) is 9.58. The summed E-state index contributed by atoms with van der Waals surface area (Å²) in [5, 5.41) is 0.